The summed E-state index contributed by atoms with van der Waals surface area (Å²) in [5.74, 6) is 0.0406. The van der Waals surface area contributed by atoms with Crippen LogP contribution in [0.3, 0.4) is 0 Å². The average Bonchev–Trinajstić information content (AvgIpc) is 2.96. The highest BCUT2D eigenvalue weighted by Crippen LogP contribution is 2.41. The number of hydrogen-bond acceptors (Lipinski definition) is 6. The lowest BCUT2D eigenvalue weighted by Crippen LogP contribution is -2.15. The SMILES string of the molecule is CCC(C)OC(=O)CSc1ncnc2sc(C)c(-c3ccccc3)c12. The first kappa shape index (κ1) is 17.9. The smallest absolute Gasteiger partial charge is 0.316 e. The molecule has 0 N–H and O–H groups in total. The Hall–Kier alpha value is -1.92. The lowest BCUT2D eigenvalue weighted by atomic mass is 10.0. The van der Waals surface area contributed by atoms with Crippen molar-refractivity contribution in [2.24, 2.45) is 0 Å². The van der Waals surface area contributed by atoms with Crippen LogP contribution in [0.2, 0.25) is 0 Å². The lowest BCUT2D eigenvalue weighted by Gasteiger charge is -2.10. The van der Waals surface area contributed by atoms with Crippen molar-refractivity contribution in [3.63, 3.8) is 0 Å². The van der Waals surface area contributed by atoms with Crippen LogP contribution in [-0.4, -0.2) is 27.8 Å². The minimum atomic E-state index is -0.209. The molecule has 0 saturated carbocycles. The maximum atomic E-state index is 12.0. The van der Waals surface area contributed by atoms with Crippen molar-refractivity contribution in [3.05, 3.63) is 41.5 Å². The van der Waals surface area contributed by atoms with Crippen molar-refractivity contribution >= 4 is 39.3 Å². The number of aromatic nitrogens is 2. The standard InChI is InChI=1S/C19H20N2O2S2/c1-4-12(2)23-15(22)10-24-18-17-16(14-8-6-5-7-9-14)13(3)25-19(17)21-11-20-18/h5-9,11-12H,4,10H2,1-3H3. The molecule has 0 aliphatic heterocycles. The molecule has 0 saturated heterocycles. The first-order chi connectivity index (χ1) is 12.1. The van der Waals surface area contributed by atoms with Crippen molar-refractivity contribution in [1.82, 2.24) is 9.97 Å². The van der Waals surface area contributed by atoms with Gasteiger partial charge in [-0.3, -0.25) is 4.79 Å². The molecule has 2 aromatic heterocycles. The number of aryl methyl sites for hydroxylation is 1. The molecule has 3 rings (SSSR count). The molecule has 0 aliphatic rings. The first-order valence-corrected chi connectivity index (χ1v) is 10.0. The molecule has 3 aromatic rings. The fourth-order valence-corrected chi connectivity index (χ4v) is 4.41. The van der Waals surface area contributed by atoms with Gasteiger partial charge in [0.25, 0.3) is 0 Å². The number of thioether (sulfide) groups is 1. The average molecular weight is 373 g/mol. The molecule has 25 heavy (non-hydrogen) atoms. The van der Waals surface area contributed by atoms with Gasteiger partial charge in [0.15, 0.2) is 0 Å². The summed E-state index contributed by atoms with van der Waals surface area (Å²) in [5.41, 5.74) is 2.30. The highest BCUT2D eigenvalue weighted by Gasteiger charge is 2.18. The topological polar surface area (TPSA) is 52.1 Å². The van der Waals surface area contributed by atoms with E-state index in [1.165, 1.54) is 16.6 Å². The second kappa shape index (κ2) is 7.97. The zero-order valence-electron chi connectivity index (χ0n) is 14.5. The second-order valence-corrected chi connectivity index (χ2v) is 7.92. The van der Waals surface area contributed by atoms with Gasteiger partial charge in [0.05, 0.1) is 17.2 Å². The number of thiophene rings is 1. The number of ether oxygens (including phenoxy) is 1. The molecule has 0 fully saturated rings. The Morgan fingerprint density at radius 2 is 2.04 bits per heavy atom. The van der Waals surface area contributed by atoms with E-state index in [1.807, 2.05) is 32.0 Å². The summed E-state index contributed by atoms with van der Waals surface area (Å²) in [4.78, 5) is 23.0. The van der Waals surface area contributed by atoms with Gasteiger partial charge in [0.1, 0.15) is 16.2 Å². The Morgan fingerprint density at radius 3 is 2.76 bits per heavy atom. The predicted molar refractivity (Wildman–Crippen MR) is 104 cm³/mol. The van der Waals surface area contributed by atoms with E-state index in [0.29, 0.717) is 0 Å². The predicted octanol–water partition coefficient (Wildman–Crippen LogP) is 5.10. The van der Waals surface area contributed by atoms with Gasteiger partial charge in [-0.2, -0.15) is 0 Å². The highest BCUT2D eigenvalue weighted by molar-refractivity contribution is 8.00. The van der Waals surface area contributed by atoms with Crippen LogP contribution in [0, 0.1) is 6.92 Å². The molecule has 1 aromatic carbocycles. The van der Waals surface area contributed by atoms with Crippen molar-refractivity contribution < 1.29 is 9.53 Å². The number of fused-ring (bicyclic) bond motifs is 1. The summed E-state index contributed by atoms with van der Waals surface area (Å²) in [6, 6.07) is 10.2. The number of carbonyl (C=O) groups excluding carboxylic acids is 1. The normalized spacial score (nSPS) is 12.3. The van der Waals surface area contributed by atoms with Gasteiger partial charge in [-0.15, -0.1) is 11.3 Å². The highest BCUT2D eigenvalue weighted by atomic mass is 32.2. The van der Waals surface area contributed by atoms with Gasteiger partial charge >= 0.3 is 5.97 Å². The summed E-state index contributed by atoms with van der Waals surface area (Å²) in [6.07, 6.45) is 2.33. The van der Waals surface area contributed by atoms with Crippen LogP contribution in [0.15, 0.2) is 41.7 Å². The number of esters is 1. The van der Waals surface area contributed by atoms with Crippen LogP contribution in [0.25, 0.3) is 21.3 Å². The number of hydrogen-bond donors (Lipinski definition) is 0. The summed E-state index contributed by atoms with van der Waals surface area (Å²) in [6.45, 7) is 6.00. The lowest BCUT2D eigenvalue weighted by molar-refractivity contribution is -0.144. The van der Waals surface area contributed by atoms with Gasteiger partial charge in [-0.25, -0.2) is 9.97 Å². The molecule has 1 unspecified atom stereocenters. The van der Waals surface area contributed by atoms with E-state index < -0.39 is 0 Å². The molecule has 6 heteroatoms. The fourth-order valence-electron chi connectivity index (χ4n) is 2.55. The van der Waals surface area contributed by atoms with Gasteiger partial charge in [-0.05, 0) is 25.8 Å². The third kappa shape index (κ3) is 4.02. The van der Waals surface area contributed by atoms with Crippen molar-refractivity contribution in [2.45, 2.75) is 38.3 Å². The number of nitrogens with zero attached hydrogens (tertiary/aromatic N) is 2. The van der Waals surface area contributed by atoms with Crippen LogP contribution in [0.5, 0.6) is 0 Å². The first-order valence-electron chi connectivity index (χ1n) is 8.22. The minimum Gasteiger partial charge on any atom is -0.462 e. The van der Waals surface area contributed by atoms with Crippen molar-refractivity contribution in [2.75, 3.05) is 5.75 Å². The second-order valence-electron chi connectivity index (χ2n) is 5.76. The van der Waals surface area contributed by atoms with Gasteiger partial charge in [-0.1, -0.05) is 49.0 Å². The maximum Gasteiger partial charge on any atom is 0.316 e. The van der Waals surface area contributed by atoms with Crippen LogP contribution in [0.4, 0.5) is 0 Å². The monoisotopic (exact) mass is 372 g/mol. The molecule has 0 bridgehead atoms. The minimum absolute atomic E-state index is 0.0539. The Balaban J connectivity index is 1.93. The van der Waals surface area contributed by atoms with E-state index in [1.54, 1.807) is 17.7 Å². The summed E-state index contributed by atoms with van der Waals surface area (Å²) < 4.78 is 5.35. The van der Waals surface area contributed by atoms with E-state index >= 15 is 0 Å². The van der Waals surface area contributed by atoms with Gasteiger partial charge in [0.2, 0.25) is 0 Å². The van der Waals surface area contributed by atoms with Crippen LogP contribution in [0.1, 0.15) is 25.1 Å². The molecule has 0 amide bonds. The fraction of sp³-hybridized carbons (Fsp3) is 0.316. The zero-order chi connectivity index (χ0) is 17.8. The molecular weight excluding hydrogens is 352 g/mol. The summed E-state index contributed by atoms with van der Waals surface area (Å²) in [5, 5.41) is 1.85. The van der Waals surface area contributed by atoms with E-state index in [2.05, 4.69) is 29.0 Å². The Labute approximate surface area is 155 Å². The van der Waals surface area contributed by atoms with E-state index in [4.69, 9.17) is 4.74 Å². The van der Waals surface area contributed by atoms with Crippen molar-refractivity contribution in [1.29, 1.82) is 0 Å². The van der Waals surface area contributed by atoms with Crippen LogP contribution in [-0.2, 0) is 9.53 Å². The molecule has 130 valence electrons. The molecule has 0 radical (unpaired) electrons. The Bertz CT molecular complexity index is 878. The third-order valence-corrected chi connectivity index (χ3v) is 5.90. The molecular formula is C19H20N2O2S2. The summed E-state index contributed by atoms with van der Waals surface area (Å²) >= 11 is 3.07. The summed E-state index contributed by atoms with van der Waals surface area (Å²) in [7, 11) is 0. The molecule has 0 aliphatic carbocycles. The number of carbonyl (C=O) groups is 1. The largest absolute Gasteiger partial charge is 0.462 e. The Morgan fingerprint density at radius 1 is 1.28 bits per heavy atom. The quantitative estimate of drug-likeness (QED) is 0.342. The van der Waals surface area contributed by atoms with Gasteiger partial charge < -0.3 is 4.74 Å². The molecule has 2 heterocycles. The van der Waals surface area contributed by atoms with Crippen LogP contribution >= 0.6 is 23.1 Å². The number of rotatable bonds is 6. The van der Waals surface area contributed by atoms with Crippen molar-refractivity contribution in [3.8, 4) is 11.1 Å². The molecule has 1 atom stereocenters. The van der Waals surface area contributed by atoms with Crippen LogP contribution < -0.4 is 0 Å². The van der Waals surface area contributed by atoms with E-state index in [-0.39, 0.29) is 17.8 Å². The van der Waals surface area contributed by atoms with E-state index in [0.717, 1.165) is 32.8 Å². The van der Waals surface area contributed by atoms with E-state index in [9.17, 15) is 4.79 Å². The Kier molecular flexibility index (Phi) is 5.71. The zero-order valence-corrected chi connectivity index (χ0v) is 16.1. The maximum absolute atomic E-state index is 12.0. The van der Waals surface area contributed by atoms with Gasteiger partial charge in [0, 0.05) is 10.4 Å². The molecule has 4 nitrogen and oxygen atoms in total. The number of benzene rings is 1. The third-order valence-electron chi connectivity index (χ3n) is 3.93. The molecule has 0 spiro atoms.